The Morgan fingerprint density at radius 3 is 2.74 bits per heavy atom. The summed E-state index contributed by atoms with van der Waals surface area (Å²) in [7, 11) is 0. The van der Waals surface area contributed by atoms with Gasteiger partial charge >= 0.3 is 5.97 Å². The van der Waals surface area contributed by atoms with Crippen LogP contribution in [0.4, 0.5) is 0 Å². The van der Waals surface area contributed by atoms with Crippen molar-refractivity contribution in [2.75, 3.05) is 6.54 Å². The van der Waals surface area contributed by atoms with E-state index in [0.29, 0.717) is 10.9 Å². The number of fused-ring (bicyclic) bond motifs is 1. The highest BCUT2D eigenvalue weighted by Crippen LogP contribution is 2.06. The van der Waals surface area contributed by atoms with Crippen LogP contribution in [0.15, 0.2) is 35.3 Å². The lowest BCUT2D eigenvalue weighted by molar-refractivity contribution is -0.136. The normalized spacial score (nSPS) is 10.3. The van der Waals surface area contributed by atoms with Crippen molar-refractivity contribution in [2.24, 2.45) is 0 Å². The number of aromatic nitrogens is 1. The Kier molecular flexibility index (Phi) is 3.61. The lowest BCUT2D eigenvalue weighted by Gasteiger charge is -2.04. The first kappa shape index (κ1) is 12.8. The Labute approximate surface area is 108 Å². The minimum absolute atomic E-state index is 0.0135. The van der Waals surface area contributed by atoms with Gasteiger partial charge in [-0.15, -0.1) is 0 Å². The van der Waals surface area contributed by atoms with Crippen LogP contribution >= 0.6 is 0 Å². The van der Waals surface area contributed by atoms with Crippen LogP contribution in [-0.2, 0) is 4.79 Å². The first-order valence-corrected chi connectivity index (χ1v) is 5.70. The van der Waals surface area contributed by atoms with Crippen LogP contribution in [0.25, 0.3) is 10.9 Å². The molecule has 1 aromatic carbocycles. The van der Waals surface area contributed by atoms with Gasteiger partial charge < -0.3 is 15.4 Å². The summed E-state index contributed by atoms with van der Waals surface area (Å²) in [5, 5.41) is 11.3. The number of carbonyl (C=O) groups excluding carboxylic acids is 1. The van der Waals surface area contributed by atoms with Gasteiger partial charge in [0.15, 0.2) is 0 Å². The molecule has 0 fully saturated rings. The summed E-state index contributed by atoms with van der Waals surface area (Å²) >= 11 is 0. The molecule has 0 unspecified atom stereocenters. The lowest BCUT2D eigenvalue weighted by atomic mass is 10.1. The summed E-state index contributed by atoms with van der Waals surface area (Å²) in [6.45, 7) is -0.0135. The fourth-order valence-corrected chi connectivity index (χ4v) is 1.71. The molecule has 1 amide bonds. The predicted octanol–water partition coefficient (Wildman–Crippen LogP) is 0.733. The van der Waals surface area contributed by atoms with Crippen molar-refractivity contribution >= 4 is 22.8 Å². The van der Waals surface area contributed by atoms with Crippen LogP contribution in [0, 0.1) is 0 Å². The van der Waals surface area contributed by atoms with E-state index in [1.165, 1.54) is 6.20 Å². The summed E-state index contributed by atoms with van der Waals surface area (Å²) in [6, 6.07) is 6.86. The molecule has 0 aliphatic rings. The molecule has 2 aromatic rings. The van der Waals surface area contributed by atoms with E-state index in [4.69, 9.17) is 5.11 Å². The Morgan fingerprint density at radius 2 is 2.00 bits per heavy atom. The summed E-state index contributed by atoms with van der Waals surface area (Å²) in [4.78, 5) is 37.0. The predicted molar refractivity (Wildman–Crippen MR) is 69.2 cm³/mol. The van der Waals surface area contributed by atoms with Crippen LogP contribution < -0.4 is 10.7 Å². The van der Waals surface area contributed by atoms with Crippen molar-refractivity contribution in [3.63, 3.8) is 0 Å². The highest BCUT2D eigenvalue weighted by Gasteiger charge is 2.12. The lowest BCUT2D eigenvalue weighted by Crippen LogP contribution is -2.30. The number of pyridine rings is 1. The number of amides is 1. The van der Waals surface area contributed by atoms with Crippen LogP contribution in [0.3, 0.4) is 0 Å². The molecule has 1 heterocycles. The Balaban J connectivity index is 2.25. The monoisotopic (exact) mass is 260 g/mol. The Morgan fingerprint density at radius 1 is 1.26 bits per heavy atom. The van der Waals surface area contributed by atoms with Gasteiger partial charge in [0, 0.05) is 23.6 Å². The molecule has 6 nitrogen and oxygen atoms in total. The maximum atomic E-state index is 12.1. The topological polar surface area (TPSA) is 99.3 Å². The van der Waals surface area contributed by atoms with Crippen molar-refractivity contribution in [1.82, 2.24) is 10.3 Å². The molecule has 19 heavy (non-hydrogen) atoms. The van der Waals surface area contributed by atoms with Crippen molar-refractivity contribution in [2.45, 2.75) is 6.42 Å². The van der Waals surface area contributed by atoms with Crippen molar-refractivity contribution in [3.8, 4) is 0 Å². The number of rotatable bonds is 4. The van der Waals surface area contributed by atoms with Crippen molar-refractivity contribution in [1.29, 1.82) is 0 Å². The number of benzene rings is 1. The van der Waals surface area contributed by atoms with E-state index in [1.807, 2.05) is 0 Å². The molecule has 0 bridgehead atoms. The maximum absolute atomic E-state index is 12.1. The van der Waals surface area contributed by atoms with Crippen LogP contribution in [0.1, 0.15) is 16.8 Å². The summed E-state index contributed by atoms with van der Waals surface area (Å²) < 4.78 is 0. The molecule has 0 atom stereocenters. The molecule has 0 radical (unpaired) electrons. The number of carboxylic acid groups (broad SMARTS) is 1. The van der Waals surface area contributed by atoms with Gasteiger partial charge in [0.1, 0.15) is 5.56 Å². The van der Waals surface area contributed by atoms with Crippen molar-refractivity contribution < 1.29 is 14.7 Å². The number of hydrogen-bond acceptors (Lipinski definition) is 3. The summed E-state index contributed by atoms with van der Waals surface area (Å²) in [5.74, 6) is -1.58. The number of nitrogens with one attached hydrogen (secondary N) is 2. The van der Waals surface area contributed by atoms with Gasteiger partial charge in [-0.25, -0.2) is 0 Å². The zero-order valence-electron chi connectivity index (χ0n) is 9.97. The SMILES string of the molecule is O=C(O)CCNC(=O)c1c[nH]c2ccccc2c1=O. The second kappa shape index (κ2) is 5.34. The van der Waals surface area contributed by atoms with Gasteiger partial charge in [-0.3, -0.25) is 14.4 Å². The van der Waals surface area contributed by atoms with E-state index in [2.05, 4.69) is 10.3 Å². The molecule has 1 aromatic heterocycles. The fourth-order valence-electron chi connectivity index (χ4n) is 1.71. The van der Waals surface area contributed by atoms with E-state index >= 15 is 0 Å². The molecule has 6 heteroatoms. The van der Waals surface area contributed by atoms with Gasteiger partial charge in [0.05, 0.1) is 6.42 Å². The van der Waals surface area contributed by atoms with Gasteiger partial charge in [0.25, 0.3) is 5.91 Å². The van der Waals surface area contributed by atoms with E-state index in [-0.39, 0.29) is 24.0 Å². The average molecular weight is 260 g/mol. The smallest absolute Gasteiger partial charge is 0.305 e. The standard InChI is InChI=1S/C13H12N2O4/c16-11(17)5-6-14-13(19)9-7-15-10-4-2-1-3-8(10)12(9)18/h1-4,7H,5-6H2,(H,14,19)(H,15,18)(H,16,17). The first-order valence-electron chi connectivity index (χ1n) is 5.70. The summed E-state index contributed by atoms with van der Waals surface area (Å²) in [6.07, 6.45) is 1.15. The fraction of sp³-hybridized carbons (Fsp3) is 0.154. The second-order valence-electron chi connectivity index (χ2n) is 3.98. The van der Waals surface area contributed by atoms with Crippen LogP contribution in [0.2, 0.25) is 0 Å². The molecule has 0 saturated carbocycles. The highest BCUT2D eigenvalue weighted by atomic mass is 16.4. The third-order valence-electron chi connectivity index (χ3n) is 2.66. The van der Waals surface area contributed by atoms with Gasteiger partial charge in [0.2, 0.25) is 5.43 Å². The summed E-state index contributed by atoms with van der Waals surface area (Å²) in [5.41, 5.74) is 0.251. The van der Waals surface area contributed by atoms with E-state index in [9.17, 15) is 14.4 Å². The minimum atomic E-state index is -1.01. The van der Waals surface area contributed by atoms with Crippen molar-refractivity contribution in [3.05, 3.63) is 46.2 Å². The highest BCUT2D eigenvalue weighted by molar-refractivity contribution is 5.97. The minimum Gasteiger partial charge on any atom is -0.481 e. The van der Waals surface area contributed by atoms with Crippen LogP contribution in [-0.4, -0.2) is 28.5 Å². The zero-order chi connectivity index (χ0) is 13.8. The zero-order valence-corrected chi connectivity index (χ0v) is 9.97. The number of para-hydroxylation sites is 1. The van der Waals surface area contributed by atoms with Gasteiger partial charge in [-0.05, 0) is 12.1 Å². The van der Waals surface area contributed by atoms with Gasteiger partial charge in [-0.2, -0.15) is 0 Å². The quantitative estimate of drug-likeness (QED) is 0.754. The Hall–Kier alpha value is -2.63. The van der Waals surface area contributed by atoms with E-state index in [0.717, 1.165) is 0 Å². The molecular weight excluding hydrogens is 248 g/mol. The molecule has 2 rings (SSSR count). The second-order valence-corrected chi connectivity index (χ2v) is 3.98. The molecule has 0 aliphatic carbocycles. The average Bonchev–Trinajstić information content (AvgIpc) is 2.39. The number of carboxylic acids is 1. The van der Waals surface area contributed by atoms with E-state index in [1.54, 1.807) is 24.3 Å². The molecule has 0 spiro atoms. The number of aliphatic carboxylic acids is 1. The maximum Gasteiger partial charge on any atom is 0.305 e. The van der Waals surface area contributed by atoms with Gasteiger partial charge in [-0.1, -0.05) is 12.1 Å². The molecule has 0 aliphatic heterocycles. The third-order valence-corrected chi connectivity index (χ3v) is 2.66. The van der Waals surface area contributed by atoms with E-state index < -0.39 is 11.9 Å². The largest absolute Gasteiger partial charge is 0.481 e. The number of hydrogen-bond donors (Lipinski definition) is 3. The number of carbonyl (C=O) groups is 2. The molecular formula is C13H12N2O4. The third kappa shape index (κ3) is 2.79. The molecule has 0 saturated heterocycles. The molecule has 3 N–H and O–H groups in total. The van der Waals surface area contributed by atoms with Crippen LogP contribution in [0.5, 0.6) is 0 Å². The molecule has 98 valence electrons. The first-order chi connectivity index (χ1) is 9.09. The Bertz CT molecular complexity index is 690. The number of aromatic amines is 1. The number of H-pyrrole nitrogens is 1.